The van der Waals surface area contributed by atoms with Gasteiger partial charge in [0.2, 0.25) is 0 Å². The molecule has 1 nitrogen and oxygen atoms in total. The van der Waals surface area contributed by atoms with Gasteiger partial charge in [-0.25, -0.2) is 0 Å². The summed E-state index contributed by atoms with van der Waals surface area (Å²) in [7, 11) is 0. The van der Waals surface area contributed by atoms with E-state index in [0.717, 1.165) is 0 Å². The highest BCUT2D eigenvalue weighted by Gasteiger charge is 1.91. The molecule has 0 spiro atoms. The normalized spacial score (nSPS) is 14.2. The van der Waals surface area contributed by atoms with Crippen molar-refractivity contribution in [2.24, 2.45) is 5.92 Å². The first-order valence-corrected chi connectivity index (χ1v) is 2.71. The minimum Gasteiger partial charge on any atom is -0.395 e. The zero-order valence-electron chi connectivity index (χ0n) is 5.17. The molecule has 46 valence electrons. The highest BCUT2D eigenvalue weighted by atomic mass is 16.3. The van der Waals surface area contributed by atoms with Crippen molar-refractivity contribution in [1.29, 1.82) is 0 Å². The highest BCUT2D eigenvalue weighted by molar-refractivity contribution is 4.94. The van der Waals surface area contributed by atoms with Crippen molar-refractivity contribution >= 4 is 0 Å². The van der Waals surface area contributed by atoms with Crippen LogP contribution in [0.5, 0.6) is 0 Å². The summed E-state index contributed by atoms with van der Waals surface area (Å²) in [5.41, 5.74) is 0. The smallest absolute Gasteiger partial charge is 0.0528 e. The molecule has 0 aromatic heterocycles. The van der Waals surface area contributed by atoms with Gasteiger partial charge in [-0.2, -0.15) is 0 Å². The molecule has 0 saturated carbocycles. The van der Waals surface area contributed by atoms with Crippen LogP contribution in [-0.2, 0) is 0 Å². The summed E-state index contributed by atoms with van der Waals surface area (Å²) < 4.78 is 0. The summed E-state index contributed by atoms with van der Waals surface area (Å²) >= 11 is 0. The Morgan fingerprint density at radius 2 is 2.38 bits per heavy atom. The van der Waals surface area contributed by atoms with Crippen molar-refractivity contribution in [3.63, 3.8) is 0 Å². The van der Waals surface area contributed by atoms with E-state index in [0.29, 0.717) is 0 Å². The van der Waals surface area contributed by atoms with E-state index in [1.165, 1.54) is 0 Å². The highest BCUT2D eigenvalue weighted by Crippen LogP contribution is 1.96. The van der Waals surface area contributed by atoms with Gasteiger partial charge >= 0.3 is 0 Å². The summed E-state index contributed by atoms with van der Waals surface area (Å²) in [6.07, 6.45) is 5.54. The molecule has 0 radical (unpaired) electrons. The molecule has 0 bridgehead atoms. The summed E-state index contributed by atoms with van der Waals surface area (Å²) in [6.45, 7) is 5.62. The van der Waals surface area contributed by atoms with Crippen LogP contribution in [0.4, 0.5) is 0 Å². The van der Waals surface area contributed by atoms with Crippen molar-refractivity contribution in [3.05, 3.63) is 24.8 Å². The standard InChI is InChI=1S/C7H12O/c1-3-5-7(4-2)6-8/h3-5,7-8H,2,6H2,1H3/b5-3+. The Labute approximate surface area is 50.3 Å². The summed E-state index contributed by atoms with van der Waals surface area (Å²) in [5.74, 6) is 0.139. The maximum absolute atomic E-state index is 8.53. The zero-order chi connectivity index (χ0) is 6.41. The lowest BCUT2D eigenvalue weighted by Gasteiger charge is -1.97. The van der Waals surface area contributed by atoms with E-state index in [-0.39, 0.29) is 12.5 Å². The molecular formula is C7H12O. The van der Waals surface area contributed by atoms with Gasteiger partial charge in [-0.15, -0.1) is 6.58 Å². The maximum atomic E-state index is 8.53. The van der Waals surface area contributed by atoms with Gasteiger partial charge in [0.25, 0.3) is 0 Å². The molecule has 0 amide bonds. The third-order valence-corrected chi connectivity index (χ3v) is 0.953. The maximum Gasteiger partial charge on any atom is 0.0528 e. The molecule has 1 N–H and O–H groups in total. The Kier molecular flexibility index (Phi) is 4.27. The predicted octanol–water partition coefficient (Wildman–Crippen LogP) is 1.36. The van der Waals surface area contributed by atoms with Crippen molar-refractivity contribution in [2.45, 2.75) is 6.92 Å². The lowest BCUT2D eigenvalue weighted by molar-refractivity contribution is 0.274. The third kappa shape index (κ3) is 2.59. The van der Waals surface area contributed by atoms with Crippen molar-refractivity contribution < 1.29 is 5.11 Å². The van der Waals surface area contributed by atoms with Crippen LogP contribution in [0, 0.1) is 5.92 Å². The van der Waals surface area contributed by atoms with Gasteiger partial charge in [0.15, 0.2) is 0 Å². The fourth-order valence-electron chi connectivity index (χ4n) is 0.461. The SMILES string of the molecule is C=CC(/C=C/C)CO. The molecule has 0 fully saturated rings. The molecule has 0 rings (SSSR count). The molecule has 8 heavy (non-hydrogen) atoms. The monoisotopic (exact) mass is 112 g/mol. The second kappa shape index (κ2) is 4.60. The van der Waals surface area contributed by atoms with E-state index < -0.39 is 0 Å². The van der Waals surface area contributed by atoms with Crippen LogP contribution in [0.1, 0.15) is 6.92 Å². The Hall–Kier alpha value is -0.560. The largest absolute Gasteiger partial charge is 0.395 e. The van der Waals surface area contributed by atoms with Crippen LogP contribution in [0.15, 0.2) is 24.8 Å². The predicted molar refractivity (Wildman–Crippen MR) is 35.6 cm³/mol. The molecule has 0 aromatic rings. The summed E-state index contributed by atoms with van der Waals surface area (Å²) in [4.78, 5) is 0. The van der Waals surface area contributed by atoms with Gasteiger partial charge in [-0.3, -0.25) is 0 Å². The minimum absolute atomic E-state index is 0.139. The van der Waals surface area contributed by atoms with E-state index in [4.69, 9.17) is 5.11 Å². The average Bonchev–Trinajstić information content (AvgIpc) is 1.83. The quantitative estimate of drug-likeness (QED) is 0.546. The fraction of sp³-hybridized carbons (Fsp3) is 0.429. The molecule has 0 aliphatic carbocycles. The van der Waals surface area contributed by atoms with E-state index in [1.54, 1.807) is 6.08 Å². The van der Waals surface area contributed by atoms with Gasteiger partial charge in [-0.1, -0.05) is 18.2 Å². The molecular weight excluding hydrogens is 100 g/mol. The van der Waals surface area contributed by atoms with Crippen LogP contribution in [-0.4, -0.2) is 11.7 Å². The summed E-state index contributed by atoms with van der Waals surface area (Å²) in [5, 5.41) is 8.53. The molecule has 1 unspecified atom stereocenters. The first-order valence-electron chi connectivity index (χ1n) is 2.71. The third-order valence-electron chi connectivity index (χ3n) is 0.953. The molecule has 0 aliphatic rings. The van der Waals surface area contributed by atoms with Crippen LogP contribution in [0.25, 0.3) is 0 Å². The van der Waals surface area contributed by atoms with Crippen molar-refractivity contribution in [2.75, 3.05) is 6.61 Å². The average molecular weight is 112 g/mol. The lowest BCUT2D eigenvalue weighted by atomic mass is 10.1. The minimum atomic E-state index is 0.139. The Bertz CT molecular complexity index is 84.4. The van der Waals surface area contributed by atoms with Crippen molar-refractivity contribution in [3.8, 4) is 0 Å². The molecule has 0 heterocycles. The summed E-state index contributed by atoms with van der Waals surface area (Å²) in [6, 6.07) is 0. The molecule has 0 aromatic carbocycles. The van der Waals surface area contributed by atoms with Gasteiger partial charge in [0.05, 0.1) is 6.61 Å². The van der Waals surface area contributed by atoms with Crippen molar-refractivity contribution in [1.82, 2.24) is 0 Å². The number of hydrogen-bond acceptors (Lipinski definition) is 1. The Morgan fingerprint density at radius 1 is 1.75 bits per heavy atom. The lowest BCUT2D eigenvalue weighted by Crippen LogP contribution is -1.95. The van der Waals surface area contributed by atoms with Gasteiger partial charge in [-0.05, 0) is 6.92 Å². The Balaban J connectivity index is 3.52. The molecule has 1 atom stereocenters. The van der Waals surface area contributed by atoms with Crippen LogP contribution < -0.4 is 0 Å². The van der Waals surface area contributed by atoms with Crippen LogP contribution in [0.3, 0.4) is 0 Å². The van der Waals surface area contributed by atoms with E-state index in [9.17, 15) is 0 Å². The van der Waals surface area contributed by atoms with Crippen LogP contribution in [0.2, 0.25) is 0 Å². The number of aliphatic hydroxyl groups is 1. The number of rotatable bonds is 3. The molecule has 1 heteroatoms. The molecule has 0 aliphatic heterocycles. The van der Waals surface area contributed by atoms with Gasteiger partial charge < -0.3 is 5.11 Å². The van der Waals surface area contributed by atoms with Crippen LogP contribution >= 0.6 is 0 Å². The first-order chi connectivity index (χ1) is 3.85. The van der Waals surface area contributed by atoms with E-state index >= 15 is 0 Å². The second-order valence-corrected chi connectivity index (χ2v) is 1.61. The van der Waals surface area contributed by atoms with Gasteiger partial charge in [0, 0.05) is 5.92 Å². The topological polar surface area (TPSA) is 20.2 Å². The number of hydrogen-bond donors (Lipinski definition) is 1. The number of aliphatic hydroxyl groups excluding tert-OH is 1. The fourth-order valence-corrected chi connectivity index (χ4v) is 0.461. The van der Waals surface area contributed by atoms with E-state index in [2.05, 4.69) is 6.58 Å². The second-order valence-electron chi connectivity index (χ2n) is 1.61. The van der Waals surface area contributed by atoms with E-state index in [1.807, 2.05) is 19.1 Å². The zero-order valence-corrected chi connectivity index (χ0v) is 5.17. The number of allylic oxidation sites excluding steroid dienone is 1. The van der Waals surface area contributed by atoms with Gasteiger partial charge in [0.1, 0.15) is 0 Å². The molecule has 0 saturated heterocycles. The Morgan fingerprint density at radius 3 is 2.50 bits per heavy atom. The first kappa shape index (κ1) is 7.44.